The summed E-state index contributed by atoms with van der Waals surface area (Å²) in [5.74, 6) is 0. The second kappa shape index (κ2) is 5.00. The molecule has 0 saturated heterocycles. The van der Waals surface area contributed by atoms with E-state index in [1.165, 1.54) is 16.9 Å². The lowest BCUT2D eigenvalue weighted by Gasteiger charge is -2.10. The molecular weight excluding hydrogens is 240 g/mol. The van der Waals surface area contributed by atoms with Crippen LogP contribution in [0.1, 0.15) is 29.0 Å². The van der Waals surface area contributed by atoms with Gasteiger partial charge in [0, 0.05) is 0 Å². The maximum Gasteiger partial charge on any atom is 0.115 e. The summed E-state index contributed by atoms with van der Waals surface area (Å²) in [6.07, 6.45) is 0.359. The zero-order chi connectivity index (χ0) is 11.5. The molecule has 1 nitrogen and oxygen atoms in total. The molecule has 0 radical (unpaired) electrons. The summed E-state index contributed by atoms with van der Waals surface area (Å²) >= 11 is 7.49. The van der Waals surface area contributed by atoms with Crippen LogP contribution in [-0.2, 0) is 6.42 Å². The molecule has 16 heavy (non-hydrogen) atoms. The predicted octanol–water partition coefficient (Wildman–Crippen LogP) is 4.05. The highest BCUT2D eigenvalue weighted by atomic mass is 35.5. The second-order valence-corrected chi connectivity index (χ2v) is 4.99. The molecule has 2 aromatic rings. The summed E-state index contributed by atoms with van der Waals surface area (Å²) in [4.78, 5) is 0.815. The van der Waals surface area contributed by atoms with Crippen LogP contribution in [0.5, 0.6) is 0 Å². The summed E-state index contributed by atoms with van der Waals surface area (Å²) < 4.78 is 0. The molecule has 3 heteroatoms. The van der Waals surface area contributed by atoms with Gasteiger partial charge < -0.3 is 5.11 Å². The average molecular weight is 253 g/mol. The Hall–Kier alpha value is -0.830. The van der Waals surface area contributed by atoms with Crippen molar-refractivity contribution in [1.29, 1.82) is 0 Å². The van der Waals surface area contributed by atoms with Gasteiger partial charge in [0.25, 0.3) is 0 Å². The highest BCUT2D eigenvalue weighted by Crippen LogP contribution is 2.32. The van der Waals surface area contributed by atoms with Gasteiger partial charge >= 0.3 is 0 Å². The van der Waals surface area contributed by atoms with Gasteiger partial charge in [-0.2, -0.15) is 0 Å². The lowest BCUT2D eigenvalue weighted by Crippen LogP contribution is -1.98. The van der Waals surface area contributed by atoms with Crippen LogP contribution in [-0.4, -0.2) is 5.11 Å². The van der Waals surface area contributed by atoms with Crippen LogP contribution in [0.25, 0.3) is 0 Å². The van der Waals surface area contributed by atoms with Crippen LogP contribution < -0.4 is 0 Å². The Morgan fingerprint density at radius 3 is 2.81 bits per heavy atom. The first-order chi connectivity index (χ1) is 7.72. The van der Waals surface area contributed by atoms with Crippen molar-refractivity contribution in [3.8, 4) is 0 Å². The zero-order valence-corrected chi connectivity index (χ0v) is 10.6. The van der Waals surface area contributed by atoms with Crippen molar-refractivity contribution >= 4 is 22.9 Å². The van der Waals surface area contributed by atoms with Gasteiger partial charge in [0.05, 0.1) is 9.90 Å². The molecule has 1 aromatic heterocycles. The molecular formula is C13H13ClOS. The van der Waals surface area contributed by atoms with Gasteiger partial charge in [0.2, 0.25) is 0 Å². The Kier molecular flexibility index (Phi) is 3.64. The smallest absolute Gasteiger partial charge is 0.115 e. The maximum atomic E-state index is 10.2. The van der Waals surface area contributed by atoms with E-state index in [1.807, 2.05) is 29.6 Å². The number of halogens is 1. The third-order valence-electron chi connectivity index (χ3n) is 2.57. The Labute approximate surface area is 104 Å². The van der Waals surface area contributed by atoms with E-state index in [0.717, 1.165) is 16.9 Å². The third-order valence-corrected chi connectivity index (χ3v) is 3.98. The lowest BCUT2D eigenvalue weighted by atomic mass is 10.0. The van der Waals surface area contributed by atoms with Crippen LogP contribution in [0.2, 0.25) is 5.02 Å². The predicted molar refractivity (Wildman–Crippen MR) is 69.2 cm³/mol. The Balaban J connectivity index is 2.33. The first-order valence-electron chi connectivity index (χ1n) is 5.22. The van der Waals surface area contributed by atoms with E-state index in [-0.39, 0.29) is 0 Å². The molecule has 0 spiro atoms. The number of rotatable bonds is 3. The molecule has 0 amide bonds. The summed E-state index contributed by atoms with van der Waals surface area (Å²) in [5.41, 5.74) is 2.13. The van der Waals surface area contributed by atoms with Gasteiger partial charge in [0.15, 0.2) is 0 Å². The molecule has 1 heterocycles. The number of benzene rings is 1. The molecule has 1 atom stereocenters. The molecule has 84 valence electrons. The van der Waals surface area contributed by atoms with E-state index in [2.05, 4.69) is 13.0 Å². The Bertz CT molecular complexity index is 478. The van der Waals surface area contributed by atoms with Crippen molar-refractivity contribution in [3.05, 3.63) is 56.7 Å². The van der Waals surface area contributed by atoms with Crippen molar-refractivity contribution in [3.63, 3.8) is 0 Å². The van der Waals surface area contributed by atoms with Crippen molar-refractivity contribution in [2.75, 3.05) is 0 Å². The molecule has 0 aliphatic carbocycles. The minimum atomic E-state index is -0.612. The number of hydrogen-bond acceptors (Lipinski definition) is 2. The monoisotopic (exact) mass is 252 g/mol. The molecule has 0 aliphatic rings. The van der Waals surface area contributed by atoms with Crippen LogP contribution in [0.4, 0.5) is 0 Å². The Morgan fingerprint density at radius 1 is 1.38 bits per heavy atom. The number of aliphatic hydroxyl groups excluding tert-OH is 1. The van der Waals surface area contributed by atoms with Crippen LogP contribution in [0.3, 0.4) is 0 Å². The largest absolute Gasteiger partial charge is 0.383 e. The molecule has 1 N–H and O–H groups in total. The Morgan fingerprint density at radius 2 is 2.19 bits per heavy atom. The third kappa shape index (κ3) is 2.29. The summed E-state index contributed by atoms with van der Waals surface area (Å²) in [5, 5.41) is 12.7. The van der Waals surface area contributed by atoms with Gasteiger partial charge in [-0.3, -0.25) is 0 Å². The minimum absolute atomic E-state index is 0.612. The van der Waals surface area contributed by atoms with E-state index in [0.29, 0.717) is 5.02 Å². The van der Waals surface area contributed by atoms with Crippen molar-refractivity contribution in [1.82, 2.24) is 0 Å². The molecule has 0 aliphatic heterocycles. The topological polar surface area (TPSA) is 20.2 Å². The SMILES string of the molecule is CCc1cccc(C(O)c2sccc2Cl)c1. The van der Waals surface area contributed by atoms with E-state index in [1.54, 1.807) is 0 Å². The molecule has 2 rings (SSSR count). The van der Waals surface area contributed by atoms with Gasteiger partial charge in [0.1, 0.15) is 6.10 Å². The molecule has 0 fully saturated rings. The van der Waals surface area contributed by atoms with E-state index in [4.69, 9.17) is 11.6 Å². The minimum Gasteiger partial charge on any atom is -0.383 e. The number of hydrogen-bond donors (Lipinski definition) is 1. The number of thiophene rings is 1. The van der Waals surface area contributed by atoms with Gasteiger partial charge in [-0.15, -0.1) is 11.3 Å². The molecule has 1 unspecified atom stereocenters. The second-order valence-electron chi connectivity index (χ2n) is 3.63. The summed E-state index contributed by atoms with van der Waals surface area (Å²) in [6.45, 7) is 2.10. The fourth-order valence-electron chi connectivity index (χ4n) is 1.64. The van der Waals surface area contributed by atoms with Crippen molar-refractivity contribution < 1.29 is 5.11 Å². The van der Waals surface area contributed by atoms with E-state index >= 15 is 0 Å². The highest BCUT2D eigenvalue weighted by molar-refractivity contribution is 7.10. The standard InChI is InChI=1S/C13H13ClOS/c1-2-9-4-3-5-10(8-9)12(15)13-11(14)6-7-16-13/h3-8,12,15H,2H2,1H3. The maximum absolute atomic E-state index is 10.2. The fraction of sp³-hybridized carbons (Fsp3) is 0.231. The summed E-state index contributed by atoms with van der Waals surface area (Å²) in [7, 11) is 0. The number of aliphatic hydroxyl groups is 1. The fourth-order valence-corrected chi connectivity index (χ4v) is 2.81. The van der Waals surface area contributed by atoms with Gasteiger partial charge in [-0.1, -0.05) is 42.8 Å². The first kappa shape index (κ1) is 11.6. The molecule has 1 aromatic carbocycles. The summed E-state index contributed by atoms with van der Waals surface area (Å²) in [6, 6.07) is 9.81. The lowest BCUT2D eigenvalue weighted by molar-refractivity contribution is 0.224. The molecule has 0 bridgehead atoms. The normalized spacial score (nSPS) is 12.7. The molecule has 0 saturated carbocycles. The van der Waals surface area contributed by atoms with Crippen LogP contribution in [0, 0.1) is 0 Å². The quantitative estimate of drug-likeness (QED) is 0.874. The van der Waals surface area contributed by atoms with E-state index < -0.39 is 6.10 Å². The van der Waals surface area contributed by atoms with Gasteiger partial charge in [-0.05, 0) is 29.0 Å². The van der Waals surface area contributed by atoms with Crippen molar-refractivity contribution in [2.24, 2.45) is 0 Å². The average Bonchev–Trinajstić information content (AvgIpc) is 2.74. The number of aryl methyl sites for hydroxylation is 1. The van der Waals surface area contributed by atoms with Crippen LogP contribution >= 0.6 is 22.9 Å². The van der Waals surface area contributed by atoms with Crippen LogP contribution in [0.15, 0.2) is 35.7 Å². The zero-order valence-electron chi connectivity index (χ0n) is 8.98. The van der Waals surface area contributed by atoms with Crippen molar-refractivity contribution in [2.45, 2.75) is 19.4 Å². The highest BCUT2D eigenvalue weighted by Gasteiger charge is 2.15. The van der Waals surface area contributed by atoms with E-state index in [9.17, 15) is 5.11 Å². The first-order valence-corrected chi connectivity index (χ1v) is 6.48. The van der Waals surface area contributed by atoms with Gasteiger partial charge in [-0.25, -0.2) is 0 Å².